The minimum absolute atomic E-state index is 0.0619. The second-order valence-electron chi connectivity index (χ2n) is 3.15. The molecule has 0 spiro atoms. The summed E-state index contributed by atoms with van der Waals surface area (Å²) < 4.78 is 43.7. The van der Waals surface area contributed by atoms with Crippen molar-refractivity contribution in [2.45, 2.75) is 12.2 Å². The fraction of sp³-hybridized carbons (Fsp3) is 0.400. The number of nitrogens with one attached hydrogen (secondary N) is 1. The summed E-state index contributed by atoms with van der Waals surface area (Å²) in [5.41, 5.74) is 0.0619. The number of benzene rings is 1. The van der Waals surface area contributed by atoms with E-state index in [1.807, 2.05) is 0 Å². The minimum atomic E-state index is -4.36. The molecule has 0 aliphatic rings. The van der Waals surface area contributed by atoms with E-state index in [4.69, 9.17) is 4.74 Å². The van der Waals surface area contributed by atoms with Gasteiger partial charge in [0.1, 0.15) is 11.8 Å². The molecule has 0 saturated carbocycles. The third-order valence-electron chi connectivity index (χ3n) is 2.12. The number of rotatable bonds is 3. The zero-order valence-electron chi connectivity index (χ0n) is 8.73. The van der Waals surface area contributed by atoms with E-state index in [0.29, 0.717) is 4.47 Å². The van der Waals surface area contributed by atoms with E-state index in [0.717, 1.165) is 0 Å². The van der Waals surface area contributed by atoms with Gasteiger partial charge in [-0.2, -0.15) is 13.2 Å². The number of alkyl halides is 3. The van der Waals surface area contributed by atoms with E-state index in [1.54, 1.807) is 6.07 Å². The first kappa shape index (κ1) is 13.3. The van der Waals surface area contributed by atoms with Crippen LogP contribution in [0.4, 0.5) is 13.2 Å². The second-order valence-corrected chi connectivity index (χ2v) is 4.07. The van der Waals surface area contributed by atoms with Gasteiger partial charge in [0.05, 0.1) is 7.11 Å². The lowest BCUT2D eigenvalue weighted by atomic mass is 10.1. The molecule has 1 unspecified atom stereocenters. The first-order chi connectivity index (χ1) is 7.40. The average Bonchev–Trinajstić information content (AvgIpc) is 2.17. The standard InChI is InChI=1S/C10H11BrF3NO/c1-15-9(10(12,13)14)7-5-6(11)3-4-8(7)16-2/h3-5,9,15H,1-2H3. The fourth-order valence-corrected chi connectivity index (χ4v) is 1.81. The Bertz CT molecular complexity index is 368. The van der Waals surface area contributed by atoms with Crippen molar-refractivity contribution < 1.29 is 17.9 Å². The number of hydrogen-bond donors (Lipinski definition) is 1. The molecule has 0 bridgehead atoms. The minimum Gasteiger partial charge on any atom is -0.496 e. The van der Waals surface area contributed by atoms with E-state index in [1.165, 1.54) is 26.3 Å². The Labute approximate surface area is 99.9 Å². The molecule has 0 aliphatic heterocycles. The maximum atomic E-state index is 12.7. The number of methoxy groups -OCH3 is 1. The van der Waals surface area contributed by atoms with E-state index in [9.17, 15) is 13.2 Å². The van der Waals surface area contributed by atoms with Crippen LogP contribution in [-0.2, 0) is 0 Å². The summed E-state index contributed by atoms with van der Waals surface area (Å²) in [4.78, 5) is 0. The first-order valence-electron chi connectivity index (χ1n) is 4.47. The topological polar surface area (TPSA) is 21.3 Å². The van der Waals surface area contributed by atoms with E-state index >= 15 is 0 Å². The van der Waals surface area contributed by atoms with Crippen LogP contribution in [0.5, 0.6) is 5.75 Å². The van der Waals surface area contributed by atoms with Gasteiger partial charge in [-0.25, -0.2) is 0 Å². The zero-order valence-corrected chi connectivity index (χ0v) is 10.3. The molecule has 1 N–H and O–H groups in total. The zero-order chi connectivity index (χ0) is 12.3. The molecule has 0 saturated heterocycles. The van der Waals surface area contributed by atoms with Crippen LogP contribution in [0.25, 0.3) is 0 Å². The molecule has 1 aromatic rings. The summed E-state index contributed by atoms with van der Waals surface area (Å²) in [5, 5.41) is 2.23. The van der Waals surface area contributed by atoms with Crippen molar-refractivity contribution in [2.75, 3.05) is 14.2 Å². The summed E-state index contributed by atoms with van der Waals surface area (Å²) >= 11 is 3.14. The van der Waals surface area contributed by atoms with Crippen molar-refractivity contribution in [1.82, 2.24) is 5.32 Å². The number of hydrogen-bond acceptors (Lipinski definition) is 2. The van der Waals surface area contributed by atoms with Gasteiger partial charge in [0.25, 0.3) is 0 Å². The van der Waals surface area contributed by atoms with E-state index < -0.39 is 12.2 Å². The number of halogens is 4. The van der Waals surface area contributed by atoms with Gasteiger partial charge in [0.15, 0.2) is 0 Å². The maximum Gasteiger partial charge on any atom is 0.408 e. The Morgan fingerprint density at radius 1 is 1.38 bits per heavy atom. The molecule has 1 rings (SSSR count). The Morgan fingerprint density at radius 3 is 2.44 bits per heavy atom. The van der Waals surface area contributed by atoms with Crippen LogP contribution >= 0.6 is 15.9 Å². The third kappa shape index (κ3) is 2.89. The van der Waals surface area contributed by atoms with Gasteiger partial charge in [-0.05, 0) is 25.2 Å². The molecule has 2 nitrogen and oxygen atoms in total. The van der Waals surface area contributed by atoms with Gasteiger partial charge in [-0.1, -0.05) is 15.9 Å². The molecule has 0 amide bonds. The van der Waals surface area contributed by atoms with Crippen molar-refractivity contribution in [2.24, 2.45) is 0 Å². The van der Waals surface area contributed by atoms with Crippen molar-refractivity contribution in [3.05, 3.63) is 28.2 Å². The molecule has 1 atom stereocenters. The highest BCUT2D eigenvalue weighted by Crippen LogP contribution is 2.38. The predicted molar refractivity (Wildman–Crippen MR) is 58.5 cm³/mol. The molecule has 0 radical (unpaired) electrons. The van der Waals surface area contributed by atoms with Gasteiger partial charge >= 0.3 is 6.18 Å². The Kier molecular flexibility index (Phi) is 4.21. The van der Waals surface area contributed by atoms with Crippen LogP contribution in [0.15, 0.2) is 22.7 Å². The Morgan fingerprint density at radius 2 is 2.00 bits per heavy atom. The van der Waals surface area contributed by atoms with Crippen LogP contribution in [0.1, 0.15) is 11.6 Å². The SMILES string of the molecule is CNC(c1cc(Br)ccc1OC)C(F)(F)F. The highest BCUT2D eigenvalue weighted by atomic mass is 79.9. The van der Waals surface area contributed by atoms with Crippen LogP contribution in [-0.4, -0.2) is 20.3 Å². The summed E-state index contributed by atoms with van der Waals surface area (Å²) in [6.07, 6.45) is -4.36. The number of ether oxygens (including phenoxy) is 1. The van der Waals surface area contributed by atoms with Crippen LogP contribution in [0.2, 0.25) is 0 Å². The van der Waals surface area contributed by atoms with Gasteiger partial charge < -0.3 is 10.1 Å². The van der Waals surface area contributed by atoms with Gasteiger partial charge in [-0.3, -0.25) is 0 Å². The lowest BCUT2D eigenvalue weighted by Crippen LogP contribution is -2.31. The summed E-state index contributed by atoms with van der Waals surface area (Å²) in [6.45, 7) is 0. The Balaban J connectivity index is 3.23. The Hall–Kier alpha value is -0.750. The largest absolute Gasteiger partial charge is 0.496 e. The smallest absolute Gasteiger partial charge is 0.408 e. The predicted octanol–water partition coefficient (Wildman–Crippen LogP) is 3.28. The van der Waals surface area contributed by atoms with Crippen molar-refractivity contribution in [3.63, 3.8) is 0 Å². The van der Waals surface area contributed by atoms with Gasteiger partial charge in [0.2, 0.25) is 0 Å². The molecule has 16 heavy (non-hydrogen) atoms. The molecule has 0 fully saturated rings. The lowest BCUT2D eigenvalue weighted by Gasteiger charge is -2.22. The highest BCUT2D eigenvalue weighted by Gasteiger charge is 2.41. The molecule has 90 valence electrons. The van der Waals surface area contributed by atoms with Crippen molar-refractivity contribution in [1.29, 1.82) is 0 Å². The molecular weight excluding hydrogens is 287 g/mol. The van der Waals surface area contributed by atoms with E-state index in [-0.39, 0.29) is 11.3 Å². The molecule has 0 heterocycles. The summed E-state index contributed by atoms with van der Waals surface area (Å²) in [5.74, 6) is 0.208. The molecule has 0 aliphatic carbocycles. The first-order valence-corrected chi connectivity index (χ1v) is 5.27. The third-order valence-corrected chi connectivity index (χ3v) is 2.61. The summed E-state index contributed by atoms with van der Waals surface area (Å²) in [7, 11) is 2.61. The van der Waals surface area contributed by atoms with Crippen LogP contribution < -0.4 is 10.1 Å². The monoisotopic (exact) mass is 297 g/mol. The van der Waals surface area contributed by atoms with Crippen molar-refractivity contribution in [3.8, 4) is 5.75 Å². The van der Waals surface area contributed by atoms with Gasteiger partial charge in [-0.15, -0.1) is 0 Å². The maximum absolute atomic E-state index is 12.7. The summed E-state index contributed by atoms with van der Waals surface area (Å²) in [6, 6.07) is 2.79. The molecule has 1 aromatic carbocycles. The lowest BCUT2D eigenvalue weighted by molar-refractivity contribution is -0.156. The van der Waals surface area contributed by atoms with E-state index in [2.05, 4.69) is 21.2 Å². The van der Waals surface area contributed by atoms with Crippen LogP contribution in [0, 0.1) is 0 Å². The molecule has 0 aromatic heterocycles. The molecule has 6 heteroatoms. The quantitative estimate of drug-likeness (QED) is 0.924. The average molecular weight is 298 g/mol. The molecular formula is C10H11BrF3NO. The van der Waals surface area contributed by atoms with Gasteiger partial charge in [0, 0.05) is 10.0 Å². The highest BCUT2D eigenvalue weighted by molar-refractivity contribution is 9.10. The van der Waals surface area contributed by atoms with Crippen LogP contribution in [0.3, 0.4) is 0 Å². The normalized spacial score (nSPS) is 13.6. The second kappa shape index (κ2) is 5.05. The van der Waals surface area contributed by atoms with Crippen molar-refractivity contribution >= 4 is 15.9 Å². The fourth-order valence-electron chi connectivity index (χ4n) is 1.43.